The number of aromatic hydroxyl groups is 1. The van der Waals surface area contributed by atoms with Crippen LogP contribution in [0.25, 0.3) is 11.1 Å². The molecule has 278 valence electrons. The average Bonchev–Trinajstić information content (AvgIpc) is 3.12. The summed E-state index contributed by atoms with van der Waals surface area (Å²) in [6, 6.07) is 16.4. The molecule has 5 atom stereocenters. The second-order valence-electron chi connectivity index (χ2n) is 13.9. The van der Waals surface area contributed by atoms with E-state index in [-0.39, 0.29) is 48.8 Å². The van der Waals surface area contributed by atoms with E-state index in [1.807, 2.05) is 42.5 Å². The maximum absolute atomic E-state index is 14.3. The Bertz CT molecular complexity index is 2060. The summed E-state index contributed by atoms with van der Waals surface area (Å²) in [5.41, 5.74) is 4.86. The first-order valence-corrected chi connectivity index (χ1v) is 17.3. The number of methoxy groups -OCH3 is 1. The monoisotopic (exact) mass is 725 g/mol. The van der Waals surface area contributed by atoms with E-state index in [4.69, 9.17) is 15.2 Å². The highest BCUT2D eigenvalue weighted by atomic mass is 16.5. The number of amides is 1. The number of ketones is 2. The smallest absolute Gasteiger partial charge is 0.323 e. The summed E-state index contributed by atoms with van der Waals surface area (Å²) in [5.74, 6) is -7.11. The number of Topliss-reactive ketones (excluding diaryl/α,β-unsaturated/α-hetero) is 2. The zero-order valence-corrected chi connectivity index (χ0v) is 29.9. The molecule has 3 aromatic rings. The molecule has 5 unspecified atom stereocenters. The van der Waals surface area contributed by atoms with E-state index in [1.165, 1.54) is 18.1 Å². The molecule has 3 aliphatic carbocycles. The molecule has 3 aliphatic rings. The molecule has 53 heavy (non-hydrogen) atoms. The number of allylic oxidation sites excluding steroid dienone is 1. The van der Waals surface area contributed by atoms with Crippen molar-refractivity contribution < 1.29 is 49.1 Å². The van der Waals surface area contributed by atoms with Gasteiger partial charge in [0.05, 0.1) is 25.3 Å². The number of nitrogens with two attached hydrogens (primary N) is 1. The number of nitrogens with zero attached hydrogens (tertiary/aromatic N) is 1. The number of carbonyl (C=O) groups is 4. The van der Waals surface area contributed by atoms with Crippen molar-refractivity contribution in [1.29, 1.82) is 0 Å². The lowest BCUT2D eigenvalue weighted by Crippen LogP contribution is -2.63. The maximum Gasteiger partial charge on any atom is 0.323 e. The Kier molecular flexibility index (Phi) is 10.2. The van der Waals surface area contributed by atoms with Crippen molar-refractivity contribution in [3.8, 4) is 22.6 Å². The number of rotatable bonds is 11. The Hall–Kier alpha value is -5.50. The SMILES string of the molecule is CCOC(=O)C(Cc1ccccc1)NCc1ccc(OC)c(-c2ccc(O)c3c2CC2CC4C(N(C)C)C(O)=C(C(N)=O)C(=O)C4(O)C(O)=C2C3=O)c1. The van der Waals surface area contributed by atoms with E-state index >= 15 is 0 Å². The van der Waals surface area contributed by atoms with Crippen LogP contribution in [0.3, 0.4) is 0 Å². The van der Waals surface area contributed by atoms with Crippen molar-refractivity contribution in [2.75, 3.05) is 27.8 Å². The van der Waals surface area contributed by atoms with Crippen LogP contribution in [-0.4, -0.2) is 94.3 Å². The number of fused-ring (bicyclic) bond motifs is 3. The number of aliphatic hydroxyl groups is 3. The molecule has 13 heteroatoms. The molecule has 0 aromatic heterocycles. The number of carbonyl (C=O) groups excluding carboxylic acids is 4. The molecule has 6 rings (SSSR count). The summed E-state index contributed by atoms with van der Waals surface area (Å²) in [7, 11) is 4.66. The van der Waals surface area contributed by atoms with Gasteiger partial charge in [-0.15, -0.1) is 0 Å². The van der Waals surface area contributed by atoms with Gasteiger partial charge in [0, 0.05) is 23.6 Å². The number of aliphatic hydroxyl groups excluding tert-OH is 2. The maximum atomic E-state index is 14.3. The Morgan fingerprint density at radius 1 is 1.02 bits per heavy atom. The normalized spacial score (nSPS) is 22.9. The molecular weight excluding hydrogens is 682 g/mol. The zero-order valence-electron chi connectivity index (χ0n) is 29.9. The minimum Gasteiger partial charge on any atom is -0.510 e. The first kappa shape index (κ1) is 37.3. The number of benzene rings is 3. The molecule has 0 fully saturated rings. The fourth-order valence-electron chi connectivity index (χ4n) is 8.15. The summed E-state index contributed by atoms with van der Waals surface area (Å²) in [4.78, 5) is 54.6. The van der Waals surface area contributed by atoms with Crippen molar-refractivity contribution in [1.82, 2.24) is 10.2 Å². The molecule has 3 aromatic carbocycles. The van der Waals surface area contributed by atoms with Crippen LogP contribution in [0.5, 0.6) is 11.5 Å². The van der Waals surface area contributed by atoms with Crippen LogP contribution >= 0.6 is 0 Å². The van der Waals surface area contributed by atoms with Gasteiger partial charge in [0.25, 0.3) is 5.91 Å². The second-order valence-corrected chi connectivity index (χ2v) is 13.9. The van der Waals surface area contributed by atoms with Crippen LogP contribution in [-0.2, 0) is 38.5 Å². The summed E-state index contributed by atoms with van der Waals surface area (Å²) in [6.45, 7) is 2.26. The fraction of sp³-hybridized carbons (Fsp3) is 0.350. The van der Waals surface area contributed by atoms with Gasteiger partial charge in [-0.2, -0.15) is 0 Å². The van der Waals surface area contributed by atoms with Gasteiger partial charge in [-0.25, -0.2) is 0 Å². The molecule has 13 nitrogen and oxygen atoms in total. The molecule has 0 heterocycles. The highest BCUT2D eigenvalue weighted by Gasteiger charge is 2.63. The van der Waals surface area contributed by atoms with Crippen LogP contribution in [0, 0.1) is 11.8 Å². The highest BCUT2D eigenvalue weighted by molar-refractivity contribution is 6.25. The molecule has 7 N–H and O–H groups in total. The molecule has 0 aliphatic heterocycles. The Balaban J connectivity index is 1.40. The van der Waals surface area contributed by atoms with E-state index in [9.17, 15) is 39.6 Å². The Morgan fingerprint density at radius 3 is 2.38 bits per heavy atom. The van der Waals surface area contributed by atoms with E-state index in [1.54, 1.807) is 33.2 Å². The predicted octanol–water partition coefficient (Wildman–Crippen LogP) is 3.06. The number of likely N-dealkylation sites (N-methyl/N-ethyl adjacent to an activating group) is 1. The van der Waals surface area contributed by atoms with E-state index in [0.29, 0.717) is 28.9 Å². The number of primary amides is 1. The summed E-state index contributed by atoms with van der Waals surface area (Å²) in [6.07, 6.45) is 0.471. The summed E-state index contributed by atoms with van der Waals surface area (Å²) >= 11 is 0. The van der Waals surface area contributed by atoms with Crippen LogP contribution < -0.4 is 15.8 Å². The van der Waals surface area contributed by atoms with Crippen molar-refractivity contribution in [2.24, 2.45) is 17.6 Å². The van der Waals surface area contributed by atoms with Gasteiger partial charge in [0.1, 0.15) is 34.6 Å². The number of phenols is 1. The zero-order chi connectivity index (χ0) is 38.4. The predicted molar refractivity (Wildman–Crippen MR) is 193 cm³/mol. The average molecular weight is 726 g/mol. The number of nitrogens with one attached hydrogen (secondary N) is 1. The van der Waals surface area contributed by atoms with Gasteiger partial charge in [-0.1, -0.05) is 42.5 Å². The van der Waals surface area contributed by atoms with Crippen molar-refractivity contribution >= 4 is 23.4 Å². The Morgan fingerprint density at radius 2 is 1.74 bits per heavy atom. The van der Waals surface area contributed by atoms with Gasteiger partial charge >= 0.3 is 5.97 Å². The first-order valence-electron chi connectivity index (χ1n) is 17.3. The van der Waals surface area contributed by atoms with Gasteiger partial charge in [-0.05, 0) is 86.7 Å². The minimum absolute atomic E-state index is 0.0430. The van der Waals surface area contributed by atoms with Gasteiger partial charge in [0.2, 0.25) is 5.78 Å². The fourth-order valence-corrected chi connectivity index (χ4v) is 8.15. The third-order valence-electron chi connectivity index (χ3n) is 10.6. The molecule has 1 amide bonds. The molecule has 0 saturated heterocycles. The number of esters is 1. The van der Waals surface area contributed by atoms with Crippen LogP contribution in [0.1, 0.15) is 40.4 Å². The quantitative estimate of drug-likeness (QED) is 0.125. The largest absolute Gasteiger partial charge is 0.510 e. The lowest BCUT2D eigenvalue weighted by Gasteiger charge is -2.50. The highest BCUT2D eigenvalue weighted by Crippen LogP contribution is 2.53. The number of phenolic OH excluding ortho intramolecular Hbond substituents is 1. The number of hydrogen-bond donors (Lipinski definition) is 6. The Labute approximate surface area is 306 Å². The number of hydrogen-bond acceptors (Lipinski definition) is 12. The molecule has 0 spiro atoms. The van der Waals surface area contributed by atoms with E-state index < -0.39 is 64.1 Å². The van der Waals surface area contributed by atoms with Gasteiger partial charge in [-0.3, -0.25) is 24.1 Å². The number of ether oxygens (including phenoxy) is 2. The lowest BCUT2D eigenvalue weighted by molar-refractivity contribution is -0.148. The summed E-state index contributed by atoms with van der Waals surface area (Å²) < 4.78 is 11.1. The van der Waals surface area contributed by atoms with Gasteiger partial charge < -0.3 is 41.0 Å². The third-order valence-corrected chi connectivity index (χ3v) is 10.6. The summed E-state index contributed by atoms with van der Waals surface area (Å²) in [5, 5.41) is 49.0. The second kappa shape index (κ2) is 14.5. The molecule has 0 saturated carbocycles. The first-order chi connectivity index (χ1) is 25.2. The van der Waals surface area contributed by atoms with Crippen LogP contribution in [0.4, 0.5) is 0 Å². The molecule has 0 radical (unpaired) electrons. The standard InChI is InChI=1S/C40H43N3O10/c1-5-53-39(50)27(16-20-9-7-6-8-10-20)42-19-21-11-14-29(52-4)24(15-21)23-12-13-28(44)31-25(23)17-22-18-26-33(43(2)3)35(46)32(38(41)49)37(48)40(26,51)36(47)30(22)34(31)45/h6-15,22,26-27,33,42,44,46-47,51H,5,16-19H2,1-4H3,(H2,41,49). The molecule has 0 bridgehead atoms. The molecular formula is C40H43N3O10. The minimum atomic E-state index is -2.73. The van der Waals surface area contributed by atoms with Gasteiger partial charge in [0.15, 0.2) is 11.4 Å². The third kappa shape index (κ3) is 6.34. The van der Waals surface area contributed by atoms with Crippen molar-refractivity contribution in [3.05, 3.63) is 106 Å². The van der Waals surface area contributed by atoms with E-state index in [2.05, 4.69) is 5.32 Å². The van der Waals surface area contributed by atoms with Crippen molar-refractivity contribution in [2.45, 2.75) is 50.4 Å². The van der Waals surface area contributed by atoms with Crippen LogP contribution in [0.15, 0.2) is 83.3 Å². The topological polar surface area (TPSA) is 209 Å². The van der Waals surface area contributed by atoms with Crippen molar-refractivity contribution in [3.63, 3.8) is 0 Å². The van der Waals surface area contributed by atoms with E-state index in [0.717, 1.165) is 11.1 Å². The lowest BCUT2D eigenvalue weighted by atomic mass is 9.58. The van der Waals surface area contributed by atoms with Crippen LogP contribution in [0.2, 0.25) is 0 Å².